The lowest BCUT2D eigenvalue weighted by Gasteiger charge is -2.34. The van der Waals surface area contributed by atoms with Crippen LogP contribution in [0.5, 0.6) is 11.5 Å². The van der Waals surface area contributed by atoms with Crippen LogP contribution >= 0.6 is 0 Å². The summed E-state index contributed by atoms with van der Waals surface area (Å²) >= 11 is 0. The lowest BCUT2D eigenvalue weighted by Crippen LogP contribution is -2.28. The summed E-state index contributed by atoms with van der Waals surface area (Å²) in [5.41, 5.74) is 7.29. The monoisotopic (exact) mass is 546 g/mol. The summed E-state index contributed by atoms with van der Waals surface area (Å²) in [6, 6.07) is 35.2. The van der Waals surface area contributed by atoms with Crippen molar-refractivity contribution in [3.8, 4) is 22.6 Å². The van der Waals surface area contributed by atoms with Crippen LogP contribution in [0.15, 0.2) is 97.1 Å². The van der Waals surface area contributed by atoms with Crippen LogP contribution in [0.2, 0.25) is 0 Å². The average molecular weight is 547 g/mol. The number of hydrogen-bond donors (Lipinski definition) is 0. The molecule has 0 heterocycles. The highest BCUT2D eigenvalue weighted by atomic mass is 16.5. The molecule has 0 amide bonds. The van der Waals surface area contributed by atoms with Gasteiger partial charge in [0.25, 0.3) is 0 Å². The first kappa shape index (κ1) is 27.6. The molecule has 0 N–H and O–H groups in total. The fourth-order valence-corrected chi connectivity index (χ4v) is 6.69. The van der Waals surface area contributed by atoms with Gasteiger partial charge in [0.1, 0.15) is 11.5 Å². The van der Waals surface area contributed by atoms with Crippen molar-refractivity contribution in [2.75, 3.05) is 19.8 Å². The third-order valence-electron chi connectivity index (χ3n) is 8.76. The maximum Gasteiger partial charge on any atom is 0.119 e. The van der Waals surface area contributed by atoms with Gasteiger partial charge in [-0.2, -0.15) is 0 Å². The summed E-state index contributed by atoms with van der Waals surface area (Å²) in [6.07, 6.45) is 9.95. The molecule has 0 atom stereocenters. The second kappa shape index (κ2) is 13.0. The molecule has 0 aromatic heterocycles. The van der Waals surface area contributed by atoms with Gasteiger partial charge in [-0.1, -0.05) is 105 Å². The normalized spacial score (nSPS) is 15.7. The topological polar surface area (TPSA) is 27.7 Å². The van der Waals surface area contributed by atoms with Gasteiger partial charge in [-0.15, -0.1) is 0 Å². The quantitative estimate of drug-likeness (QED) is 0.146. The van der Waals surface area contributed by atoms with Crippen LogP contribution in [-0.2, 0) is 10.2 Å². The molecule has 0 radical (unpaired) electrons. The van der Waals surface area contributed by atoms with Gasteiger partial charge < -0.3 is 14.2 Å². The van der Waals surface area contributed by atoms with Crippen molar-refractivity contribution in [2.24, 2.45) is 0 Å². The number of hydrogen-bond acceptors (Lipinski definition) is 3. The summed E-state index contributed by atoms with van der Waals surface area (Å²) in [5.74, 6) is 1.83. The van der Waals surface area contributed by atoms with E-state index in [-0.39, 0.29) is 0 Å². The van der Waals surface area contributed by atoms with Crippen LogP contribution in [0.1, 0.15) is 80.5 Å². The molecule has 0 bridgehead atoms. The Hall–Kier alpha value is -3.56. The third-order valence-corrected chi connectivity index (χ3v) is 8.76. The first-order valence-electron chi connectivity index (χ1n) is 15.6. The molecule has 2 aliphatic carbocycles. The van der Waals surface area contributed by atoms with E-state index in [4.69, 9.17) is 14.2 Å². The zero-order valence-electron chi connectivity index (χ0n) is 24.3. The molecule has 41 heavy (non-hydrogen) atoms. The van der Waals surface area contributed by atoms with Crippen molar-refractivity contribution < 1.29 is 14.2 Å². The minimum Gasteiger partial charge on any atom is -0.494 e. The van der Waals surface area contributed by atoms with Gasteiger partial charge in [0.2, 0.25) is 0 Å². The Morgan fingerprint density at radius 2 is 1.10 bits per heavy atom. The van der Waals surface area contributed by atoms with Crippen molar-refractivity contribution in [1.29, 1.82) is 0 Å². The molecule has 1 fully saturated rings. The first-order valence-corrected chi connectivity index (χ1v) is 15.6. The van der Waals surface area contributed by atoms with Crippen molar-refractivity contribution in [1.82, 2.24) is 0 Å². The molecule has 3 heteroatoms. The highest BCUT2D eigenvalue weighted by Crippen LogP contribution is 2.56. The summed E-state index contributed by atoms with van der Waals surface area (Å²) in [6.45, 7) is 4.38. The number of benzene rings is 4. The van der Waals surface area contributed by atoms with Crippen LogP contribution in [0.3, 0.4) is 0 Å². The van der Waals surface area contributed by atoms with Gasteiger partial charge in [0, 0.05) is 6.42 Å². The van der Waals surface area contributed by atoms with Crippen LogP contribution in [0.4, 0.5) is 0 Å². The molecule has 4 aromatic carbocycles. The highest BCUT2D eigenvalue weighted by Gasteiger charge is 2.45. The van der Waals surface area contributed by atoms with Gasteiger partial charge >= 0.3 is 0 Å². The van der Waals surface area contributed by atoms with Crippen molar-refractivity contribution in [3.05, 3.63) is 119 Å². The molecular weight excluding hydrogens is 504 g/mol. The van der Waals surface area contributed by atoms with Gasteiger partial charge in [-0.05, 0) is 76.9 Å². The fourth-order valence-electron chi connectivity index (χ4n) is 6.69. The van der Waals surface area contributed by atoms with Gasteiger partial charge in [0.05, 0.1) is 31.3 Å². The summed E-state index contributed by atoms with van der Waals surface area (Å²) in [4.78, 5) is 0. The lowest BCUT2D eigenvalue weighted by molar-refractivity contribution is 0.0226. The van der Waals surface area contributed by atoms with Gasteiger partial charge in [-0.25, -0.2) is 0 Å². The largest absolute Gasteiger partial charge is 0.494 e. The number of fused-ring (bicyclic) bond motifs is 3. The SMILES string of the molecule is CCCCOc1ccc(C2(c3ccc(OCCCOC4CCCCC4)cc3)c3ccccc3-c3ccccc32)cc1. The minimum atomic E-state index is -0.415. The van der Waals surface area contributed by atoms with E-state index in [9.17, 15) is 0 Å². The predicted octanol–water partition coefficient (Wildman–Crippen LogP) is 9.35. The van der Waals surface area contributed by atoms with Crippen LogP contribution in [0, 0.1) is 0 Å². The van der Waals surface area contributed by atoms with Crippen LogP contribution in [-0.4, -0.2) is 25.9 Å². The number of unbranched alkanes of at least 4 members (excludes halogenated alkanes) is 1. The van der Waals surface area contributed by atoms with E-state index in [0.717, 1.165) is 44.0 Å². The smallest absolute Gasteiger partial charge is 0.119 e. The molecule has 1 saturated carbocycles. The van der Waals surface area contributed by atoms with E-state index in [1.807, 2.05) is 0 Å². The molecule has 6 rings (SSSR count). The summed E-state index contributed by atoms with van der Waals surface area (Å²) < 4.78 is 18.3. The third kappa shape index (κ3) is 5.65. The van der Waals surface area contributed by atoms with Gasteiger partial charge in [-0.3, -0.25) is 0 Å². The lowest BCUT2D eigenvalue weighted by atomic mass is 9.68. The minimum absolute atomic E-state index is 0.415. The van der Waals surface area contributed by atoms with Crippen molar-refractivity contribution in [3.63, 3.8) is 0 Å². The Labute approximate surface area is 245 Å². The standard InChI is InChI=1S/C38H42O3/c1-2-3-26-39-32-22-18-29(19-23-32)38(36-16-9-7-14-34(36)35-15-8-10-17-37(35)38)30-20-24-33(25-21-30)41-28-11-27-40-31-12-5-4-6-13-31/h7-10,14-25,31H,2-6,11-13,26-28H2,1H3. The van der Waals surface area contributed by atoms with Gasteiger partial charge in [0.15, 0.2) is 0 Å². The number of ether oxygens (including phenoxy) is 3. The molecule has 0 aliphatic heterocycles. The van der Waals surface area contributed by atoms with E-state index in [0.29, 0.717) is 12.7 Å². The van der Waals surface area contributed by atoms with Crippen LogP contribution in [0.25, 0.3) is 11.1 Å². The van der Waals surface area contributed by atoms with E-state index < -0.39 is 5.41 Å². The molecule has 3 nitrogen and oxygen atoms in total. The second-order valence-electron chi connectivity index (χ2n) is 11.4. The maximum atomic E-state index is 6.16. The first-order chi connectivity index (χ1) is 20.3. The Morgan fingerprint density at radius 3 is 1.63 bits per heavy atom. The molecule has 0 spiro atoms. The van der Waals surface area contributed by atoms with Crippen molar-refractivity contribution in [2.45, 2.75) is 69.8 Å². The Balaban J connectivity index is 1.27. The molecule has 0 saturated heterocycles. The molecule has 212 valence electrons. The Bertz CT molecular complexity index is 1350. The molecule has 0 unspecified atom stereocenters. The summed E-state index contributed by atoms with van der Waals surface area (Å²) in [5, 5.41) is 0. The number of rotatable bonds is 12. The maximum absolute atomic E-state index is 6.16. The zero-order valence-corrected chi connectivity index (χ0v) is 24.3. The highest BCUT2D eigenvalue weighted by molar-refractivity contribution is 5.86. The average Bonchev–Trinajstić information content (AvgIpc) is 3.33. The van der Waals surface area contributed by atoms with E-state index >= 15 is 0 Å². The molecular formula is C38H42O3. The van der Waals surface area contributed by atoms with E-state index in [1.54, 1.807) is 0 Å². The second-order valence-corrected chi connectivity index (χ2v) is 11.4. The molecule has 4 aromatic rings. The Kier molecular flexibility index (Phi) is 8.72. The fraction of sp³-hybridized carbons (Fsp3) is 0.368. The van der Waals surface area contributed by atoms with E-state index in [2.05, 4.69) is 104 Å². The Morgan fingerprint density at radius 1 is 0.585 bits per heavy atom. The van der Waals surface area contributed by atoms with E-state index in [1.165, 1.54) is 65.5 Å². The zero-order chi connectivity index (χ0) is 27.9. The predicted molar refractivity (Wildman–Crippen MR) is 167 cm³/mol. The molecule has 2 aliphatic rings. The van der Waals surface area contributed by atoms with Crippen molar-refractivity contribution >= 4 is 0 Å². The van der Waals surface area contributed by atoms with Crippen LogP contribution < -0.4 is 9.47 Å². The summed E-state index contributed by atoms with van der Waals surface area (Å²) in [7, 11) is 0.